The van der Waals surface area contributed by atoms with E-state index in [2.05, 4.69) is 20.4 Å². The van der Waals surface area contributed by atoms with E-state index in [-0.39, 0.29) is 17.0 Å². The highest BCUT2D eigenvalue weighted by atomic mass is 32.1. The van der Waals surface area contributed by atoms with Gasteiger partial charge in [0.05, 0.1) is 10.6 Å². The van der Waals surface area contributed by atoms with Crippen LogP contribution in [0.15, 0.2) is 36.9 Å². The van der Waals surface area contributed by atoms with E-state index in [1.165, 1.54) is 41.9 Å². The number of hydrogen-bond donors (Lipinski definition) is 1. The number of nitro benzene ring substituents is 1. The molecule has 2 aromatic heterocycles. The van der Waals surface area contributed by atoms with Gasteiger partial charge >= 0.3 is 0 Å². The van der Waals surface area contributed by atoms with Gasteiger partial charge in [-0.25, -0.2) is 14.6 Å². The maximum absolute atomic E-state index is 12.4. The van der Waals surface area contributed by atoms with Crippen molar-refractivity contribution < 1.29 is 9.72 Å². The predicted octanol–water partition coefficient (Wildman–Crippen LogP) is 3.18. The molecule has 0 radical (unpaired) electrons. The van der Waals surface area contributed by atoms with Gasteiger partial charge in [0.2, 0.25) is 0 Å². The Hall–Kier alpha value is -3.14. The molecule has 10 heteroatoms. The van der Waals surface area contributed by atoms with Crippen molar-refractivity contribution in [3.8, 4) is 5.00 Å². The first-order valence-corrected chi connectivity index (χ1v) is 8.49. The molecule has 0 saturated heterocycles. The third kappa shape index (κ3) is 3.59. The Balaban J connectivity index is 1.88. The third-order valence-electron chi connectivity index (χ3n) is 3.51. The predicted molar refractivity (Wildman–Crippen MR) is 96.8 cm³/mol. The fourth-order valence-corrected chi connectivity index (χ4v) is 3.33. The largest absolute Gasteiger partial charge is 0.298 e. The Morgan fingerprint density at radius 1 is 1.27 bits per heavy atom. The summed E-state index contributed by atoms with van der Waals surface area (Å²) in [4.78, 5) is 31.1. The fourth-order valence-electron chi connectivity index (χ4n) is 2.23. The number of hydrogen-bond acceptors (Lipinski definition) is 7. The first-order valence-electron chi connectivity index (χ1n) is 7.68. The van der Waals surface area contributed by atoms with Crippen LogP contribution in [-0.4, -0.2) is 30.6 Å². The van der Waals surface area contributed by atoms with E-state index in [4.69, 9.17) is 0 Å². The summed E-state index contributed by atoms with van der Waals surface area (Å²) in [5.74, 6) is -0.390. The van der Waals surface area contributed by atoms with Crippen LogP contribution in [0.3, 0.4) is 0 Å². The summed E-state index contributed by atoms with van der Waals surface area (Å²) in [6.45, 7) is 6.05. The molecule has 3 rings (SSSR count). The van der Waals surface area contributed by atoms with Crippen molar-refractivity contribution in [2.45, 2.75) is 26.2 Å². The maximum Gasteiger partial charge on any atom is 0.269 e. The van der Waals surface area contributed by atoms with Crippen LogP contribution in [0.1, 0.15) is 36.8 Å². The second-order valence-corrected chi connectivity index (χ2v) is 7.50. The molecule has 1 N–H and O–H groups in total. The Kier molecular flexibility index (Phi) is 4.51. The van der Waals surface area contributed by atoms with Crippen molar-refractivity contribution in [3.63, 3.8) is 0 Å². The van der Waals surface area contributed by atoms with Gasteiger partial charge in [-0.05, 0) is 12.1 Å². The molecule has 2 heterocycles. The molecule has 1 amide bonds. The van der Waals surface area contributed by atoms with Gasteiger partial charge in [0.15, 0.2) is 5.13 Å². The molecule has 0 bridgehead atoms. The second-order valence-electron chi connectivity index (χ2n) is 6.52. The van der Waals surface area contributed by atoms with E-state index in [0.717, 1.165) is 10.7 Å². The molecule has 0 aliphatic rings. The molecule has 0 fully saturated rings. The molecule has 0 spiro atoms. The SMILES string of the molecule is CC(C)(C)c1nc(NC(=O)c2ccc([N+](=O)[O-])cc2)sc1-n1cncn1. The molecule has 134 valence electrons. The Bertz CT molecular complexity index is 942. The van der Waals surface area contributed by atoms with Gasteiger partial charge < -0.3 is 0 Å². The number of benzene rings is 1. The van der Waals surface area contributed by atoms with Crippen LogP contribution in [0.5, 0.6) is 0 Å². The van der Waals surface area contributed by atoms with Gasteiger partial charge in [0.1, 0.15) is 17.7 Å². The van der Waals surface area contributed by atoms with Crippen LogP contribution in [0.25, 0.3) is 5.00 Å². The lowest BCUT2D eigenvalue weighted by Gasteiger charge is -2.16. The molecule has 0 aliphatic carbocycles. The lowest BCUT2D eigenvalue weighted by Crippen LogP contribution is -2.16. The number of rotatable bonds is 4. The van der Waals surface area contributed by atoms with Crippen molar-refractivity contribution in [1.29, 1.82) is 0 Å². The number of nitro groups is 1. The second kappa shape index (κ2) is 6.64. The lowest BCUT2D eigenvalue weighted by molar-refractivity contribution is -0.384. The zero-order valence-corrected chi connectivity index (χ0v) is 15.1. The van der Waals surface area contributed by atoms with Crippen molar-refractivity contribution in [2.75, 3.05) is 5.32 Å². The summed E-state index contributed by atoms with van der Waals surface area (Å²) in [6, 6.07) is 5.39. The highest BCUT2D eigenvalue weighted by Crippen LogP contribution is 2.34. The average molecular weight is 372 g/mol. The first-order chi connectivity index (χ1) is 12.3. The number of carbonyl (C=O) groups excluding carboxylic acids is 1. The van der Waals surface area contributed by atoms with Crippen molar-refractivity contribution in [2.24, 2.45) is 0 Å². The van der Waals surface area contributed by atoms with Crippen molar-refractivity contribution >= 4 is 28.1 Å². The third-order valence-corrected chi connectivity index (χ3v) is 4.47. The minimum atomic E-state index is -0.511. The Morgan fingerprint density at radius 3 is 2.50 bits per heavy atom. The van der Waals surface area contributed by atoms with Gasteiger partial charge in [0.25, 0.3) is 11.6 Å². The number of carbonyl (C=O) groups is 1. The van der Waals surface area contributed by atoms with E-state index >= 15 is 0 Å². The Morgan fingerprint density at radius 2 is 1.96 bits per heavy atom. The van der Waals surface area contributed by atoms with Crippen LogP contribution in [0.4, 0.5) is 10.8 Å². The summed E-state index contributed by atoms with van der Waals surface area (Å²) in [7, 11) is 0. The van der Waals surface area contributed by atoms with E-state index < -0.39 is 4.92 Å². The molecule has 0 saturated carbocycles. The quantitative estimate of drug-likeness (QED) is 0.555. The van der Waals surface area contributed by atoms with Crippen LogP contribution >= 0.6 is 11.3 Å². The van der Waals surface area contributed by atoms with Gasteiger partial charge in [-0.2, -0.15) is 5.10 Å². The number of nitrogens with zero attached hydrogens (tertiary/aromatic N) is 5. The number of non-ortho nitro benzene ring substituents is 1. The van der Waals surface area contributed by atoms with Crippen LogP contribution in [0, 0.1) is 10.1 Å². The number of aromatic nitrogens is 4. The molecule has 1 aromatic carbocycles. The molecule has 26 heavy (non-hydrogen) atoms. The fraction of sp³-hybridized carbons (Fsp3) is 0.250. The standard InChI is InChI=1S/C16H16N6O3S/c1-16(2,3)12-14(21-9-17-8-18-21)26-15(19-12)20-13(23)10-4-6-11(7-5-10)22(24)25/h4-9H,1-3H3,(H,19,20,23). The van der Waals surface area contributed by atoms with Crippen LogP contribution in [0.2, 0.25) is 0 Å². The van der Waals surface area contributed by atoms with Gasteiger partial charge in [0, 0.05) is 23.1 Å². The molecular formula is C16H16N6O3S. The minimum absolute atomic E-state index is 0.0701. The Labute approximate surface area is 152 Å². The zero-order valence-electron chi connectivity index (χ0n) is 14.3. The maximum atomic E-state index is 12.4. The summed E-state index contributed by atoms with van der Waals surface area (Å²) in [5.41, 5.74) is 0.769. The molecular weight excluding hydrogens is 356 g/mol. The minimum Gasteiger partial charge on any atom is -0.298 e. The highest BCUT2D eigenvalue weighted by molar-refractivity contribution is 7.18. The number of anilines is 1. The lowest BCUT2D eigenvalue weighted by atomic mass is 9.92. The van der Waals surface area contributed by atoms with Crippen molar-refractivity contribution in [3.05, 3.63) is 58.3 Å². The number of nitrogens with one attached hydrogen (secondary N) is 1. The highest BCUT2D eigenvalue weighted by Gasteiger charge is 2.25. The summed E-state index contributed by atoms with van der Waals surface area (Å²) in [5, 5.41) is 18.8. The number of thiazole rings is 1. The summed E-state index contributed by atoms with van der Waals surface area (Å²) in [6.07, 6.45) is 3.01. The zero-order chi connectivity index (χ0) is 18.9. The molecule has 0 aliphatic heterocycles. The average Bonchev–Trinajstić information content (AvgIpc) is 3.23. The normalized spacial score (nSPS) is 11.3. The summed E-state index contributed by atoms with van der Waals surface area (Å²) < 4.78 is 1.61. The topological polar surface area (TPSA) is 116 Å². The molecule has 0 unspecified atom stereocenters. The van der Waals surface area contributed by atoms with E-state index in [1.807, 2.05) is 20.8 Å². The van der Waals surface area contributed by atoms with Gasteiger partial charge in [-0.1, -0.05) is 32.1 Å². The molecule has 0 atom stereocenters. The van der Waals surface area contributed by atoms with Gasteiger partial charge in [-0.3, -0.25) is 20.2 Å². The van der Waals surface area contributed by atoms with Crippen molar-refractivity contribution in [1.82, 2.24) is 19.7 Å². The smallest absolute Gasteiger partial charge is 0.269 e. The van der Waals surface area contributed by atoms with E-state index in [1.54, 1.807) is 11.0 Å². The monoisotopic (exact) mass is 372 g/mol. The molecule has 3 aromatic rings. The molecule has 9 nitrogen and oxygen atoms in total. The van der Waals surface area contributed by atoms with Crippen LogP contribution in [-0.2, 0) is 5.41 Å². The van der Waals surface area contributed by atoms with Gasteiger partial charge in [-0.15, -0.1) is 0 Å². The summed E-state index contributed by atoms with van der Waals surface area (Å²) >= 11 is 1.28. The van der Waals surface area contributed by atoms with E-state index in [9.17, 15) is 14.9 Å². The van der Waals surface area contributed by atoms with E-state index in [0.29, 0.717) is 10.7 Å². The number of amides is 1. The van der Waals surface area contributed by atoms with Crippen LogP contribution < -0.4 is 5.32 Å². The first kappa shape index (κ1) is 17.7.